The SMILES string of the molecule is CC[C@H]1COC(=O)N1CCCSc1nsnc1C1=CCCN(C)C1. The van der Waals surface area contributed by atoms with Crippen LogP contribution < -0.4 is 0 Å². The molecular weight excluding hydrogens is 344 g/mol. The van der Waals surface area contributed by atoms with Gasteiger partial charge in [-0.05, 0) is 31.9 Å². The molecule has 1 fully saturated rings. The van der Waals surface area contributed by atoms with Gasteiger partial charge in [0.15, 0.2) is 0 Å². The minimum absolute atomic E-state index is 0.168. The third-order valence-corrected chi connectivity index (χ3v) is 6.13. The van der Waals surface area contributed by atoms with Crippen LogP contribution in [0.1, 0.15) is 31.9 Å². The molecule has 3 rings (SSSR count). The number of cyclic esters (lactones) is 1. The fourth-order valence-electron chi connectivity index (χ4n) is 3.04. The van der Waals surface area contributed by atoms with Crippen molar-refractivity contribution in [2.75, 3.05) is 39.0 Å². The summed E-state index contributed by atoms with van der Waals surface area (Å²) in [4.78, 5) is 15.9. The fourth-order valence-corrected chi connectivity index (χ4v) is 4.68. The van der Waals surface area contributed by atoms with Gasteiger partial charge in [0.1, 0.15) is 17.3 Å². The quantitative estimate of drug-likeness (QED) is 0.545. The molecule has 0 aromatic carbocycles. The molecule has 0 unspecified atom stereocenters. The molecule has 1 saturated heterocycles. The van der Waals surface area contributed by atoms with Crippen molar-refractivity contribution in [3.8, 4) is 0 Å². The number of hydrogen-bond acceptors (Lipinski definition) is 7. The molecule has 1 atom stereocenters. The Bertz CT molecular complexity index is 605. The van der Waals surface area contributed by atoms with Gasteiger partial charge in [-0.3, -0.25) is 0 Å². The van der Waals surface area contributed by atoms with Crippen LogP contribution in [-0.4, -0.2) is 69.7 Å². The molecule has 24 heavy (non-hydrogen) atoms. The lowest BCUT2D eigenvalue weighted by Crippen LogP contribution is -2.34. The molecule has 0 radical (unpaired) electrons. The third kappa shape index (κ3) is 4.10. The second kappa shape index (κ2) is 8.31. The van der Waals surface area contributed by atoms with Gasteiger partial charge in [0.25, 0.3) is 0 Å². The zero-order valence-electron chi connectivity index (χ0n) is 14.2. The minimum Gasteiger partial charge on any atom is -0.447 e. The molecule has 0 spiro atoms. The number of hydrogen-bond donors (Lipinski definition) is 0. The van der Waals surface area contributed by atoms with Crippen LogP contribution in [0.2, 0.25) is 0 Å². The molecule has 0 saturated carbocycles. The first-order valence-corrected chi connectivity index (χ1v) is 10.2. The molecule has 1 amide bonds. The summed E-state index contributed by atoms with van der Waals surface area (Å²) in [5.41, 5.74) is 2.33. The summed E-state index contributed by atoms with van der Waals surface area (Å²) in [6, 6.07) is 0.238. The lowest BCUT2D eigenvalue weighted by Gasteiger charge is -2.22. The Kier molecular flexibility index (Phi) is 6.13. The van der Waals surface area contributed by atoms with Crippen molar-refractivity contribution in [2.45, 2.75) is 37.3 Å². The summed E-state index contributed by atoms with van der Waals surface area (Å²) >= 11 is 3.02. The number of carbonyl (C=O) groups is 1. The van der Waals surface area contributed by atoms with Gasteiger partial charge < -0.3 is 14.5 Å². The highest BCUT2D eigenvalue weighted by atomic mass is 32.2. The fraction of sp³-hybridized carbons (Fsp3) is 0.688. The van der Waals surface area contributed by atoms with Crippen molar-refractivity contribution in [2.24, 2.45) is 0 Å². The molecule has 1 aromatic heterocycles. The second-order valence-electron chi connectivity index (χ2n) is 6.21. The minimum atomic E-state index is -0.168. The average molecular weight is 369 g/mol. The first kappa shape index (κ1) is 17.7. The van der Waals surface area contributed by atoms with E-state index in [2.05, 4.69) is 33.7 Å². The molecular formula is C16H24N4O2S2. The zero-order chi connectivity index (χ0) is 16.9. The highest BCUT2D eigenvalue weighted by molar-refractivity contribution is 7.99. The molecule has 1 aromatic rings. The Morgan fingerprint density at radius 3 is 3.12 bits per heavy atom. The summed E-state index contributed by atoms with van der Waals surface area (Å²) in [6.07, 6.45) is 5.07. The molecule has 132 valence electrons. The number of likely N-dealkylation sites (N-methyl/N-ethyl adjacent to an activating group) is 1. The standard InChI is InChI=1S/C16H24N4O2S2/c1-3-13-11-22-16(21)20(13)8-5-9-23-15-14(17-24-18-15)12-6-4-7-19(2)10-12/h6,13H,3-5,7-11H2,1-2H3/t13-/m0/s1. The van der Waals surface area contributed by atoms with Crippen molar-refractivity contribution in [3.63, 3.8) is 0 Å². The maximum atomic E-state index is 11.7. The maximum absolute atomic E-state index is 11.7. The van der Waals surface area contributed by atoms with Gasteiger partial charge in [-0.1, -0.05) is 13.0 Å². The van der Waals surface area contributed by atoms with Crippen LogP contribution in [-0.2, 0) is 4.74 Å². The van der Waals surface area contributed by atoms with E-state index in [0.717, 1.165) is 55.4 Å². The van der Waals surface area contributed by atoms with Gasteiger partial charge in [0.05, 0.1) is 17.8 Å². The zero-order valence-corrected chi connectivity index (χ0v) is 15.9. The van der Waals surface area contributed by atoms with E-state index in [9.17, 15) is 4.79 Å². The monoisotopic (exact) mass is 368 g/mol. The number of rotatable bonds is 7. The van der Waals surface area contributed by atoms with E-state index in [4.69, 9.17) is 4.74 Å². The highest BCUT2D eigenvalue weighted by Crippen LogP contribution is 2.29. The van der Waals surface area contributed by atoms with Gasteiger partial charge in [-0.15, -0.1) is 11.8 Å². The molecule has 3 heterocycles. The summed E-state index contributed by atoms with van der Waals surface area (Å²) in [6.45, 7) is 5.42. The first-order chi connectivity index (χ1) is 11.7. The van der Waals surface area contributed by atoms with Crippen LogP contribution >= 0.6 is 23.5 Å². The number of aromatic nitrogens is 2. The Labute approximate surface area is 151 Å². The predicted octanol–water partition coefficient (Wildman–Crippen LogP) is 2.97. The Balaban J connectivity index is 1.50. The number of thioether (sulfide) groups is 1. The van der Waals surface area contributed by atoms with Crippen molar-refractivity contribution >= 4 is 35.2 Å². The van der Waals surface area contributed by atoms with E-state index in [1.165, 1.54) is 17.3 Å². The molecule has 2 aliphatic rings. The summed E-state index contributed by atoms with van der Waals surface area (Å²) in [7, 11) is 2.14. The number of carbonyl (C=O) groups excluding carboxylic acids is 1. The van der Waals surface area contributed by atoms with Crippen LogP contribution in [0, 0.1) is 0 Å². The normalized spacial score (nSPS) is 21.9. The predicted molar refractivity (Wildman–Crippen MR) is 97.5 cm³/mol. The molecule has 0 bridgehead atoms. The van der Waals surface area contributed by atoms with E-state index >= 15 is 0 Å². The average Bonchev–Trinajstić information content (AvgIpc) is 3.18. The van der Waals surface area contributed by atoms with E-state index in [1.54, 1.807) is 11.8 Å². The van der Waals surface area contributed by atoms with Crippen LogP contribution in [0.3, 0.4) is 0 Å². The lowest BCUT2D eigenvalue weighted by molar-refractivity contribution is 0.157. The van der Waals surface area contributed by atoms with Gasteiger partial charge in [0.2, 0.25) is 0 Å². The smallest absolute Gasteiger partial charge is 0.410 e. The summed E-state index contributed by atoms with van der Waals surface area (Å²) < 4.78 is 14.1. The van der Waals surface area contributed by atoms with Gasteiger partial charge in [-0.2, -0.15) is 8.75 Å². The van der Waals surface area contributed by atoms with Crippen molar-refractivity contribution < 1.29 is 9.53 Å². The number of nitrogens with zero attached hydrogens (tertiary/aromatic N) is 4. The van der Waals surface area contributed by atoms with Gasteiger partial charge in [0, 0.05) is 25.4 Å². The number of ether oxygens (including phenoxy) is 1. The molecule has 6 nitrogen and oxygen atoms in total. The summed E-state index contributed by atoms with van der Waals surface area (Å²) in [5, 5.41) is 1.03. The maximum Gasteiger partial charge on any atom is 0.410 e. The Hall–Kier alpha value is -1.12. The lowest BCUT2D eigenvalue weighted by atomic mass is 10.1. The molecule has 0 aliphatic carbocycles. The van der Waals surface area contributed by atoms with E-state index < -0.39 is 0 Å². The largest absolute Gasteiger partial charge is 0.447 e. The van der Waals surface area contributed by atoms with Crippen molar-refractivity contribution in [3.05, 3.63) is 11.8 Å². The van der Waals surface area contributed by atoms with Crippen LogP contribution in [0.25, 0.3) is 5.57 Å². The van der Waals surface area contributed by atoms with E-state index in [0.29, 0.717) is 6.61 Å². The van der Waals surface area contributed by atoms with Crippen molar-refractivity contribution in [1.29, 1.82) is 0 Å². The van der Waals surface area contributed by atoms with Gasteiger partial charge in [-0.25, -0.2) is 4.79 Å². The highest BCUT2D eigenvalue weighted by Gasteiger charge is 2.30. The topological polar surface area (TPSA) is 58.6 Å². The molecule has 2 aliphatic heterocycles. The Morgan fingerprint density at radius 2 is 2.33 bits per heavy atom. The summed E-state index contributed by atoms with van der Waals surface area (Å²) in [5.74, 6) is 0.932. The Morgan fingerprint density at radius 1 is 1.46 bits per heavy atom. The molecule has 0 N–H and O–H groups in total. The molecule has 8 heteroatoms. The van der Waals surface area contributed by atoms with Crippen LogP contribution in [0.4, 0.5) is 4.79 Å². The first-order valence-electron chi connectivity index (χ1n) is 8.45. The van der Waals surface area contributed by atoms with Gasteiger partial charge >= 0.3 is 6.09 Å². The number of amides is 1. The third-order valence-electron chi connectivity index (χ3n) is 4.43. The van der Waals surface area contributed by atoms with Crippen LogP contribution in [0.15, 0.2) is 11.1 Å². The van der Waals surface area contributed by atoms with E-state index in [-0.39, 0.29) is 12.1 Å². The second-order valence-corrected chi connectivity index (χ2v) is 7.82. The van der Waals surface area contributed by atoms with Crippen LogP contribution in [0.5, 0.6) is 0 Å². The van der Waals surface area contributed by atoms with Crippen molar-refractivity contribution in [1.82, 2.24) is 18.5 Å². The van der Waals surface area contributed by atoms with E-state index in [1.807, 2.05) is 4.90 Å².